The zero-order chi connectivity index (χ0) is 17.2. The Morgan fingerprint density at radius 2 is 1.83 bits per heavy atom. The standard InChI is InChI=1S/C16H21N3O.C4H10/c1-2-12-5-7-14(8-6-12)16-18-15(19-20-16)10-13-4-3-9-17-11-13;1-3-4-2/h3-4,9,11-12,14H,2,5-8,10H2,1H3;3-4H2,1-2H3. The number of rotatable bonds is 5. The molecule has 1 fully saturated rings. The monoisotopic (exact) mass is 329 g/mol. The zero-order valence-electron chi connectivity index (χ0n) is 15.4. The van der Waals surface area contributed by atoms with Gasteiger partial charge in [-0.2, -0.15) is 4.98 Å². The molecule has 0 N–H and O–H groups in total. The highest BCUT2D eigenvalue weighted by Crippen LogP contribution is 2.36. The second-order valence-corrected chi connectivity index (χ2v) is 6.71. The summed E-state index contributed by atoms with van der Waals surface area (Å²) in [7, 11) is 0. The quantitative estimate of drug-likeness (QED) is 0.722. The molecule has 0 spiro atoms. The molecule has 0 atom stereocenters. The van der Waals surface area contributed by atoms with Gasteiger partial charge in [-0.3, -0.25) is 4.98 Å². The molecule has 0 amide bonds. The normalized spacial score (nSPS) is 20.3. The van der Waals surface area contributed by atoms with Crippen molar-refractivity contribution in [3.8, 4) is 0 Å². The van der Waals surface area contributed by atoms with E-state index in [0.717, 1.165) is 23.2 Å². The van der Waals surface area contributed by atoms with Gasteiger partial charge in [0.15, 0.2) is 5.82 Å². The fourth-order valence-corrected chi connectivity index (χ4v) is 3.01. The maximum absolute atomic E-state index is 5.46. The highest BCUT2D eigenvalue weighted by Gasteiger charge is 2.25. The number of unbranched alkanes of at least 4 members (excludes halogenated alkanes) is 1. The molecule has 4 nitrogen and oxygen atoms in total. The fourth-order valence-electron chi connectivity index (χ4n) is 3.01. The first-order valence-electron chi connectivity index (χ1n) is 9.48. The topological polar surface area (TPSA) is 51.8 Å². The molecule has 2 aromatic rings. The third kappa shape index (κ3) is 5.73. The Bertz CT molecular complexity index is 557. The molecule has 0 saturated heterocycles. The Morgan fingerprint density at radius 3 is 2.42 bits per heavy atom. The highest BCUT2D eigenvalue weighted by atomic mass is 16.5. The minimum atomic E-state index is 0.466. The first-order valence-corrected chi connectivity index (χ1v) is 9.48. The molecule has 0 aromatic carbocycles. The minimum absolute atomic E-state index is 0.466. The molecule has 0 aliphatic heterocycles. The van der Waals surface area contributed by atoms with Crippen molar-refractivity contribution in [2.24, 2.45) is 5.92 Å². The average molecular weight is 329 g/mol. The van der Waals surface area contributed by atoms with Gasteiger partial charge < -0.3 is 4.52 Å². The molecule has 0 bridgehead atoms. The summed E-state index contributed by atoms with van der Waals surface area (Å²) >= 11 is 0. The van der Waals surface area contributed by atoms with Crippen LogP contribution in [0.5, 0.6) is 0 Å². The maximum atomic E-state index is 5.46. The first-order chi connectivity index (χ1) is 11.8. The fraction of sp³-hybridized carbons (Fsp3) is 0.650. The van der Waals surface area contributed by atoms with Crippen LogP contribution in [-0.2, 0) is 6.42 Å². The van der Waals surface area contributed by atoms with Crippen LogP contribution in [0.15, 0.2) is 29.0 Å². The number of aromatic nitrogens is 3. The number of nitrogens with zero attached hydrogens (tertiary/aromatic N) is 3. The molecule has 132 valence electrons. The number of pyridine rings is 1. The Hall–Kier alpha value is -1.71. The van der Waals surface area contributed by atoms with E-state index in [1.165, 1.54) is 44.9 Å². The van der Waals surface area contributed by atoms with Crippen LogP contribution in [0.4, 0.5) is 0 Å². The van der Waals surface area contributed by atoms with Crippen LogP contribution in [0.2, 0.25) is 0 Å². The summed E-state index contributed by atoms with van der Waals surface area (Å²) in [5.74, 6) is 2.96. The van der Waals surface area contributed by atoms with Crippen molar-refractivity contribution in [3.63, 3.8) is 0 Å². The largest absolute Gasteiger partial charge is 0.339 e. The van der Waals surface area contributed by atoms with Crippen LogP contribution in [-0.4, -0.2) is 15.1 Å². The Kier molecular flexibility index (Phi) is 7.93. The van der Waals surface area contributed by atoms with E-state index in [-0.39, 0.29) is 0 Å². The molecule has 1 aliphatic rings. The van der Waals surface area contributed by atoms with Crippen LogP contribution in [0, 0.1) is 5.92 Å². The predicted molar refractivity (Wildman–Crippen MR) is 96.9 cm³/mol. The third-order valence-electron chi connectivity index (χ3n) is 4.84. The van der Waals surface area contributed by atoms with E-state index in [2.05, 4.69) is 35.9 Å². The Balaban J connectivity index is 0.000000471. The second kappa shape index (κ2) is 10.2. The summed E-state index contributed by atoms with van der Waals surface area (Å²) in [6, 6.07) is 3.97. The summed E-state index contributed by atoms with van der Waals surface area (Å²) in [6.07, 6.45) is 13.2. The van der Waals surface area contributed by atoms with E-state index in [1.807, 2.05) is 18.3 Å². The molecule has 1 aliphatic carbocycles. The molecule has 2 aromatic heterocycles. The smallest absolute Gasteiger partial charge is 0.229 e. The van der Waals surface area contributed by atoms with Crippen molar-refractivity contribution in [2.75, 3.05) is 0 Å². The molecule has 0 unspecified atom stereocenters. The van der Waals surface area contributed by atoms with Crippen molar-refractivity contribution in [1.29, 1.82) is 0 Å². The second-order valence-electron chi connectivity index (χ2n) is 6.71. The molecular formula is C20H31N3O. The van der Waals surface area contributed by atoms with Gasteiger partial charge in [0.25, 0.3) is 0 Å². The van der Waals surface area contributed by atoms with Crippen LogP contribution in [0.25, 0.3) is 0 Å². The van der Waals surface area contributed by atoms with E-state index in [4.69, 9.17) is 4.52 Å². The predicted octanol–water partition coefficient (Wildman–Crippen LogP) is 5.55. The minimum Gasteiger partial charge on any atom is -0.339 e. The third-order valence-corrected chi connectivity index (χ3v) is 4.84. The summed E-state index contributed by atoms with van der Waals surface area (Å²) in [4.78, 5) is 8.68. The van der Waals surface area contributed by atoms with Gasteiger partial charge in [-0.25, -0.2) is 0 Å². The van der Waals surface area contributed by atoms with Gasteiger partial charge in [0.1, 0.15) is 0 Å². The van der Waals surface area contributed by atoms with Crippen LogP contribution >= 0.6 is 0 Å². The molecule has 3 rings (SSSR count). The maximum Gasteiger partial charge on any atom is 0.229 e. The summed E-state index contributed by atoms with van der Waals surface area (Å²) in [5, 5.41) is 4.11. The van der Waals surface area contributed by atoms with Gasteiger partial charge in [0.2, 0.25) is 5.89 Å². The summed E-state index contributed by atoms with van der Waals surface area (Å²) in [5.41, 5.74) is 1.12. The van der Waals surface area contributed by atoms with Gasteiger partial charge in [-0.05, 0) is 43.2 Å². The Morgan fingerprint density at radius 1 is 1.08 bits per heavy atom. The lowest BCUT2D eigenvalue weighted by Gasteiger charge is -2.25. The molecule has 24 heavy (non-hydrogen) atoms. The van der Waals surface area contributed by atoms with Gasteiger partial charge in [-0.15, -0.1) is 0 Å². The van der Waals surface area contributed by atoms with E-state index in [0.29, 0.717) is 12.3 Å². The van der Waals surface area contributed by atoms with E-state index in [1.54, 1.807) is 6.20 Å². The average Bonchev–Trinajstić information content (AvgIpc) is 3.11. The summed E-state index contributed by atoms with van der Waals surface area (Å²) in [6.45, 7) is 6.64. The van der Waals surface area contributed by atoms with Gasteiger partial charge in [-0.1, -0.05) is 51.3 Å². The SMILES string of the molecule is CCC1CCC(c2nc(Cc3cccnc3)no2)CC1.CCCC. The van der Waals surface area contributed by atoms with Crippen LogP contribution in [0.3, 0.4) is 0 Å². The highest BCUT2D eigenvalue weighted by molar-refractivity contribution is 5.14. The zero-order valence-corrected chi connectivity index (χ0v) is 15.4. The molecule has 4 heteroatoms. The van der Waals surface area contributed by atoms with Crippen molar-refractivity contribution in [3.05, 3.63) is 41.8 Å². The number of hydrogen-bond acceptors (Lipinski definition) is 4. The van der Waals surface area contributed by atoms with Crippen molar-refractivity contribution in [1.82, 2.24) is 15.1 Å². The van der Waals surface area contributed by atoms with Crippen LogP contribution in [0.1, 0.15) is 88.9 Å². The van der Waals surface area contributed by atoms with Gasteiger partial charge >= 0.3 is 0 Å². The molecular weight excluding hydrogens is 298 g/mol. The summed E-state index contributed by atoms with van der Waals surface area (Å²) < 4.78 is 5.46. The molecule has 2 heterocycles. The molecule has 1 saturated carbocycles. The Labute approximate surface area is 146 Å². The van der Waals surface area contributed by atoms with E-state index >= 15 is 0 Å². The van der Waals surface area contributed by atoms with Crippen molar-refractivity contribution < 1.29 is 4.52 Å². The van der Waals surface area contributed by atoms with Gasteiger partial charge in [0, 0.05) is 24.7 Å². The van der Waals surface area contributed by atoms with Crippen molar-refractivity contribution in [2.45, 2.75) is 78.1 Å². The lowest BCUT2D eigenvalue weighted by atomic mass is 9.81. The van der Waals surface area contributed by atoms with Crippen molar-refractivity contribution >= 4 is 0 Å². The lowest BCUT2D eigenvalue weighted by molar-refractivity contribution is 0.267. The van der Waals surface area contributed by atoms with Crippen LogP contribution < -0.4 is 0 Å². The number of hydrogen-bond donors (Lipinski definition) is 0. The van der Waals surface area contributed by atoms with E-state index < -0.39 is 0 Å². The van der Waals surface area contributed by atoms with E-state index in [9.17, 15) is 0 Å². The first kappa shape index (κ1) is 18.6. The van der Waals surface area contributed by atoms with Gasteiger partial charge in [0.05, 0.1) is 0 Å². The lowest BCUT2D eigenvalue weighted by Crippen LogP contribution is -2.12. The molecule has 0 radical (unpaired) electrons.